The highest BCUT2D eigenvalue weighted by Gasteiger charge is 2.45. The van der Waals surface area contributed by atoms with Crippen molar-refractivity contribution in [2.75, 3.05) is 6.54 Å². The van der Waals surface area contributed by atoms with E-state index < -0.39 is 0 Å². The van der Waals surface area contributed by atoms with Crippen LogP contribution in [0.1, 0.15) is 43.5 Å². The minimum Gasteiger partial charge on any atom is -0.422 e. The third kappa shape index (κ3) is 1.24. The number of aromatic nitrogens is 2. The third-order valence-electron chi connectivity index (χ3n) is 3.01. The summed E-state index contributed by atoms with van der Waals surface area (Å²) in [5.74, 6) is 1.32. The molecule has 76 valence electrons. The summed E-state index contributed by atoms with van der Waals surface area (Å²) in [6.45, 7) is 1.04. The molecular weight excluding hydrogens is 180 g/mol. The molecule has 0 aromatic carbocycles. The minimum atomic E-state index is -0.302. The van der Waals surface area contributed by atoms with E-state index in [2.05, 4.69) is 15.5 Å². The van der Waals surface area contributed by atoms with Gasteiger partial charge in [0.1, 0.15) is 0 Å². The van der Waals surface area contributed by atoms with Gasteiger partial charge >= 0.3 is 0 Å². The van der Waals surface area contributed by atoms with E-state index in [4.69, 9.17) is 10.2 Å². The van der Waals surface area contributed by atoms with Crippen molar-refractivity contribution in [1.82, 2.24) is 15.5 Å². The molecule has 1 aliphatic heterocycles. The van der Waals surface area contributed by atoms with E-state index >= 15 is 0 Å². The van der Waals surface area contributed by atoms with Gasteiger partial charge in [-0.1, -0.05) is 0 Å². The Labute approximate surface area is 82.1 Å². The van der Waals surface area contributed by atoms with E-state index in [1.165, 1.54) is 6.42 Å². The Morgan fingerprint density at radius 3 is 2.93 bits per heavy atom. The second-order valence-corrected chi connectivity index (χ2v) is 4.25. The zero-order chi connectivity index (χ0) is 9.60. The van der Waals surface area contributed by atoms with E-state index in [0.29, 0.717) is 11.8 Å². The average molecular weight is 194 g/mol. The molecule has 1 aliphatic carbocycles. The highest BCUT2D eigenvalue weighted by Crippen LogP contribution is 2.42. The quantitative estimate of drug-likeness (QED) is 0.714. The van der Waals surface area contributed by atoms with Crippen LogP contribution in [0.5, 0.6) is 0 Å². The summed E-state index contributed by atoms with van der Waals surface area (Å²) in [4.78, 5) is 0. The van der Waals surface area contributed by atoms with E-state index in [1.54, 1.807) is 0 Å². The molecule has 14 heavy (non-hydrogen) atoms. The molecule has 0 spiro atoms. The van der Waals surface area contributed by atoms with Gasteiger partial charge in [0.25, 0.3) is 0 Å². The lowest BCUT2D eigenvalue weighted by Crippen LogP contribution is -2.19. The van der Waals surface area contributed by atoms with Gasteiger partial charge in [-0.25, -0.2) is 0 Å². The van der Waals surface area contributed by atoms with Crippen LogP contribution in [0, 0.1) is 0 Å². The molecule has 1 aromatic rings. The van der Waals surface area contributed by atoms with Crippen molar-refractivity contribution < 1.29 is 4.42 Å². The molecule has 1 atom stereocenters. The van der Waals surface area contributed by atoms with Crippen molar-refractivity contribution in [1.29, 1.82) is 0 Å². The molecule has 2 fully saturated rings. The Morgan fingerprint density at radius 2 is 2.29 bits per heavy atom. The standard InChI is InChI=1S/C9H14N4O/c10-9(3-4-9)8-13-12-7(14-8)6-2-1-5-11-6/h6,11H,1-5,10H2/t6-/m0/s1. The summed E-state index contributed by atoms with van der Waals surface area (Å²) in [6.07, 6.45) is 4.19. The SMILES string of the molecule is NC1(c2nnc([C@@H]3CCCN3)o2)CC1. The molecule has 0 unspecified atom stereocenters. The highest BCUT2D eigenvalue weighted by molar-refractivity contribution is 5.11. The van der Waals surface area contributed by atoms with Gasteiger partial charge in [0, 0.05) is 0 Å². The molecule has 2 aliphatic rings. The Kier molecular flexibility index (Phi) is 1.66. The number of nitrogens with two attached hydrogens (primary N) is 1. The fourth-order valence-electron chi connectivity index (χ4n) is 1.82. The highest BCUT2D eigenvalue weighted by atomic mass is 16.4. The largest absolute Gasteiger partial charge is 0.422 e. The number of nitrogens with one attached hydrogen (secondary N) is 1. The summed E-state index contributed by atoms with van der Waals surface area (Å²) >= 11 is 0. The van der Waals surface area contributed by atoms with Gasteiger partial charge in [-0.3, -0.25) is 0 Å². The van der Waals surface area contributed by atoms with Crippen LogP contribution >= 0.6 is 0 Å². The van der Waals surface area contributed by atoms with Crippen molar-refractivity contribution in [2.24, 2.45) is 5.73 Å². The molecule has 3 rings (SSSR count). The maximum atomic E-state index is 5.96. The summed E-state index contributed by atoms with van der Waals surface area (Å²) in [5.41, 5.74) is 5.66. The fraction of sp³-hybridized carbons (Fsp3) is 0.778. The Balaban J connectivity index is 1.82. The van der Waals surface area contributed by atoms with Crippen LogP contribution in [-0.4, -0.2) is 16.7 Å². The van der Waals surface area contributed by atoms with Crippen molar-refractivity contribution in [3.05, 3.63) is 11.8 Å². The van der Waals surface area contributed by atoms with Gasteiger partial charge in [-0.05, 0) is 32.2 Å². The van der Waals surface area contributed by atoms with Gasteiger partial charge in [0.15, 0.2) is 0 Å². The first-order chi connectivity index (χ1) is 6.78. The second-order valence-electron chi connectivity index (χ2n) is 4.25. The molecule has 1 aromatic heterocycles. The Morgan fingerprint density at radius 1 is 1.43 bits per heavy atom. The second kappa shape index (κ2) is 2.77. The van der Waals surface area contributed by atoms with Gasteiger partial charge in [0.2, 0.25) is 11.8 Å². The van der Waals surface area contributed by atoms with Crippen LogP contribution < -0.4 is 11.1 Å². The molecule has 1 saturated carbocycles. The summed E-state index contributed by atoms with van der Waals surface area (Å²) in [6, 6.07) is 0.249. The first-order valence-corrected chi connectivity index (χ1v) is 5.14. The van der Waals surface area contributed by atoms with Crippen LogP contribution in [0.25, 0.3) is 0 Å². The average Bonchev–Trinajstić information content (AvgIpc) is 2.73. The lowest BCUT2D eigenvalue weighted by molar-refractivity contribution is 0.376. The lowest BCUT2D eigenvalue weighted by atomic mass is 10.2. The number of hydrogen-bond acceptors (Lipinski definition) is 5. The molecular formula is C9H14N4O. The predicted octanol–water partition coefficient (Wildman–Crippen LogP) is 0.442. The van der Waals surface area contributed by atoms with Gasteiger partial charge < -0.3 is 15.5 Å². The van der Waals surface area contributed by atoms with Gasteiger partial charge in [-0.15, -0.1) is 10.2 Å². The molecule has 3 N–H and O–H groups in total. The maximum Gasteiger partial charge on any atom is 0.236 e. The summed E-state index contributed by atoms with van der Waals surface area (Å²) in [7, 11) is 0. The first kappa shape index (κ1) is 8.38. The van der Waals surface area contributed by atoms with Crippen LogP contribution in [0.15, 0.2) is 4.42 Å². The third-order valence-corrected chi connectivity index (χ3v) is 3.01. The number of rotatable bonds is 2. The molecule has 0 bridgehead atoms. The monoisotopic (exact) mass is 194 g/mol. The molecule has 5 heteroatoms. The molecule has 0 amide bonds. The topological polar surface area (TPSA) is 77.0 Å². The Bertz CT molecular complexity index is 338. The summed E-state index contributed by atoms with van der Waals surface area (Å²) in [5, 5.41) is 11.4. The van der Waals surface area contributed by atoms with Crippen molar-refractivity contribution in [2.45, 2.75) is 37.3 Å². The maximum absolute atomic E-state index is 5.96. The number of hydrogen-bond donors (Lipinski definition) is 2. The summed E-state index contributed by atoms with van der Waals surface area (Å²) < 4.78 is 5.58. The van der Waals surface area contributed by atoms with Crippen molar-refractivity contribution in [3.8, 4) is 0 Å². The van der Waals surface area contributed by atoms with E-state index in [0.717, 1.165) is 25.8 Å². The lowest BCUT2D eigenvalue weighted by Gasteiger charge is -2.03. The zero-order valence-electron chi connectivity index (χ0n) is 7.99. The van der Waals surface area contributed by atoms with Gasteiger partial charge in [0.05, 0.1) is 11.6 Å². The smallest absolute Gasteiger partial charge is 0.236 e. The van der Waals surface area contributed by atoms with E-state index in [1.807, 2.05) is 0 Å². The fourth-order valence-corrected chi connectivity index (χ4v) is 1.82. The minimum absolute atomic E-state index is 0.249. The van der Waals surface area contributed by atoms with Gasteiger partial charge in [-0.2, -0.15) is 0 Å². The van der Waals surface area contributed by atoms with Crippen molar-refractivity contribution >= 4 is 0 Å². The van der Waals surface area contributed by atoms with Crippen LogP contribution in [0.4, 0.5) is 0 Å². The molecule has 1 saturated heterocycles. The molecule has 0 radical (unpaired) electrons. The normalized spacial score (nSPS) is 29.4. The van der Waals surface area contributed by atoms with E-state index in [9.17, 15) is 0 Å². The predicted molar refractivity (Wildman–Crippen MR) is 49.4 cm³/mol. The van der Waals surface area contributed by atoms with Crippen molar-refractivity contribution in [3.63, 3.8) is 0 Å². The van der Waals surface area contributed by atoms with Crippen LogP contribution in [-0.2, 0) is 5.54 Å². The zero-order valence-corrected chi connectivity index (χ0v) is 7.99. The van der Waals surface area contributed by atoms with Crippen LogP contribution in [0.3, 0.4) is 0 Å². The molecule has 5 nitrogen and oxygen atoms in total. The Hall–Kier alpha value is -0.940. The first-order valence-electron chi connectivity index (χ1n) is 5.14. The number of nitrogens with zero attached hydrogens (tertiary/aromatic N) is 2. The van der Waals surface area contributed by atoms with Crippen LogP contribution in [0.2, 0.25) is 0 Å². The molecule has 2 heterocycles. The van der Waals surface area contributed by atoms with E-state index in [-0.39, 0.29) is 11.6 Å².